The molecule has 1 saturated heterocycles. The van der Waals surface area contributed by atoms with Crippen LogP contribution < -0.4 is 5.32 Å². The smallest absolute Gasteiger partial charge is 0.256 e. The molecule has 0 saturated carbocycles. The molecule has 1 amide bonds. The second kappa shape index (κ2) is 6.89. The molecule has 2 aromatic heterocycles. The standard InChI is InChI=1S/C18H27N5O/c1-5-8-22(15-6-7-19-11-15)18(24)16-9-14-10-20-23(12(2)3)17(14)21-13(16)4/h9-10,12,15,19H,5-8,11H2,1-4H3. The lowest BCUT2D eigenvalue weighted by Gasteiger charge is -2.28. The third kappa shape index (κ3) is 3.02. The van der Waals surface area contributed by atoms with Crippen molar-refractivity contribution in [1.29, 1.82) is 0 Å². The molecule has 0 aliphatic carbocycles. The van der Waals surface area contributed by atoms with E-state index >= 15 is 0 Å². The third-order valence-electron chi connectivity index (χ3n) is 4.68. The average Bonchev–Trinajstić information content (AvgIpc) is 3.20. The number of nitrogens with one attached hydrogen (secondary N) is 1. The van der Waals surface area contributed by atoms with Crippen LogP contribution in [0.5, 0.6) is 0 Å². The van der Waals surface area contributed by atoms with E-state index in [0.717, 1.165) is 49.2 Å². The van der Waals surface area contributed by atoms with E-state index in [1.165, 1.54) is 0 Å². The molecule has 0 aromatic carbocycles. The van der Waals surface area contributed by atoms with Gasteiger partial charge in [-0.15, -0.1) is 0 Å². The first kappa shape index (κ1) is 16.9. The molecule has 1 N–H and O–H groups in total. The zero-order valence-electron chi connectivity index (χ0n) is 15.0. The highest BCUT2D eigenvalue weighted by atomic mass is 16.2. The number of carbonyl (C=O) groups excluding carboxylic acids is 1. The Labute approximate surface area is 143 Å². The fourth-order valence-electron chi connectivity index (χ4n) is 3.41. The van der Waals surface area contributed by atoms with Gasteiger partial charge in [0.05, 0.1) is 17.5 Å². The van der Waals surface area contributed by atoms with Gasteiger partial charge < -0.3 is 10.2 Å². The number of pyridine rings is 1. The van der Waals surface area contributed by atoms with Crippen LogP contribution in [0.3, 0.4) is 0 Å². The van der Waals surface area contributed by atoms with Gasteiger partial charge in [0, 0.05) is 30.6 Å². The monoisotopic (exact) mass is 329 g/mol. The van der Waals surface area contributed by atoms with E-state index in [-0.39, 0.29) is 18.0 Å². The quantitative estimate of drug-likeness (QED) is 0.915. The van der Waals surface area contributed by atoms with E-state index in [1.54, 1.807) is 6.20 Å². The molecule has 2 aromatic rings. The second-order valence-corrected chi connectivity index (χ2v) is 6.86. The molecule has 6 heteroatoms. The Hall–Kier alpha value is -1.95. The molecular formula is C18H27N5O. The Bertz CT molecular complexity index is 730. The Morgan fingerprint density at radius 2 is 2.29 bits per heavy atom. The summed E-state index contributed by atoms with van der Waals surface area (Å²) in [6, 6.07) is 2.49. The average molecular weight is 329 g/mol. The zero-order chi connectivity index (χ0) is 17.3. The molecule has 1 aliphatic heterocycles. The van der Waals surface area contributed by atoms with Gasteiger partial charge in [-0.05, 0) is 46.2 Å². The van der Waals surface area contributed by atoms with Crippen molar-refractivity contribution in [1.82, 2.24) is 25.0 Å². The van der Waals surface area contributed by atoms with E-state index in [4.69, 9.17) is 0 Å². The highest BCUT2D eigenvalue weighted by Crippen LogP contribution is 2.22. The number of hydrogen-bond donors (Lipinski definition) is 1. The number of hydrogen-bond acceptors (Lipinski definition) is 4. The van der Waals surface area contributed by atoms with E-state index < -0.39 is 0 Å². The van der Waals surface area contributed by atoms with Gasteiger partial charge in [0.15, 0.2) is 5.65 Å². The van der Waals surface area contributed by atoms with Crippen LogP contribution in [0, 0.1) is 6.92 Å². The highest BCUT2D eigenvalue weighted by molar-refractivity contribution is 5.98. The maximum absolute atomic E-state index is 13.2. The molecule has 6 nitrogen and oxygen atoms in total. The predicted molar refractivity (Wildman–Crippen MR) is 95.3 cm³/mol. The molecular weight excluding hydrogens is 302 g/mol. The number of carbonyl (C=O) groups is 1. The molecule has 130 valence electrons. The summed E-state index contributed by atoms with van der Waals surface area (Å²) in [6.45, 7) is 10.8. The van der Waals surface area contributed by atoms with Crippen molar-refractivity contribution < 1.29 is 4.79 Å². The fourth-order valence-corrected chi connectivity index (χ4v) is 3.41. The van der Waals surface area contributed by atoms with Crippen molar-refractivity contribution in [2.24, 2.45) is 0 Å². The van der Waals surface area contributed by atoms with Crippen LogP contribution in [0.2, 0.25) is 0 Å². The van der Waals surface area contributed by atoms with Crippen LogP contribution in [0.1, 0.15) is 55.7 Å². The van der Waals surface area contributed by atoms with Gasteiger partial charge in [-0.25, -0.2) is 9.67 Å². The summed E-state index contributed by atoms with van der Waals surface area (Å²) in [4.78, 5) is 19.9. The van der Waals surface area contributed by atoms with E-state index in [2.05, 4.69) is 36.2 Å². The SMILES string of the molecule is CCCN(C(=O)c1cc2cnn(C(C)C)c2nc1C)C1CCNC1. The number of fused-ring (bicyclic) bond motifs is 1. The lowest BCUT2D eigenvalue weighted by Crippen LogP contribution is -2.42. The lowest BCUT2D eigenvalue weighted by molar-refractivity contribution is 0.0691. The van der Waals surface area contributed by atoms with Crippen LogP contribution in [0.15, 0.2) is 12.3 Å². The largest absolute Gasteiger partial charge is 0.334 e. The maximum Gasteiger partial charge on any atom is 0.256 e. The Morgan fingerprint density at radius 1 is 1.50 bits per heavy atom. The molecule has 0 bridgehead atoms. The topological polar surface area (TPSA) is 63.1 Å². The molecule has 0 spiro atoms. The van der Waals surface area contributed by atoms with Crippen molar-refractivity contribution >= 4 is 16.9 Å². The molecule has 0 radical (unpaired) electrons. The van der Waals surface area contributed by atoms with Crippen LogP contribution in [-0.4, -0.2) is 51.2 Å². The Balaban J connectivity index is 1.97. The van der Waals surface area contributed by atoms with Crippen molar-refractivity contribution in [3.8, 4) is 0 Å². The number of nitrogens with zero attached hydrogens (tertiary/aromatic N) is 4. The first-order valence-electron chi connectivity index (χ1n) is 8.89. The van der Waals surface area contributed by atoms with Gasteiger partial charge in [0.25, 0.3) is 5.91 Å². The number of rotatable bonds is 5. The van der Waals surface area contributed by atoms with Crippen molar-refractivity contribution in [3.63, 3.8) is 0 Å². The molecule has 3 heterocycles. The van der Waals surface area contributed by atoms with Crippen LogP contribution in [0.25, 0.3) is 11.0 Å². The van der Waals surface area contributed by atoms with E-state index in [9.17, 15) is 4.79 Å². The molecule has 1 aliphatic rings. The summed E-state index contributed by atoms with van der Waals surface area (Å²) >= 11 is 0. The normalized spacial score (nSPS) is 17.8. The Kier molecular flexibility index (Phi) is 4.85. The van der Waals surface area contributed by atoms with Crippen molar-refractivity contribution in [2.45, 2.75) is 52.6 Å². The first-order chi connectivity index (χ1) is 11.5. The van der Waals surface area contributed by atoms with Crippen LogP contribution in [-0.2, 0) is 0 Å². The zero-order valence-corrected chi connectivity index (χ0v) is 15.0. The van der Waals surface area contributed by atoms with Gasteiger partial charge in [0.2, 0.25) is 0 Å². The minimum atomic E-state index is 0.0924. The Morgan fingerprint density at radius 3 is 2.92 bits per heavy atom. The van der Waals surface area contributed by atoms with Crippen LogP contribution in [0.4, 0.5) is 0 Å². The number of amides is 1. The minimum absolute atomic E-state index is 0.0924. The number of aryl methyl sites for hydroxylation is 1. The third-order valence-corrected chi connectivity index (χ3v) is 4.68. The fraction of sp³-hybridized carbons (Fsp3) is 0.611. The molecule has 1 unspecified atom stereocenters. The summed E-state index contributed by atoms with van der Waals surface area (Å²) in [6.07, 6.45) is 3.79. The lowest BCUT2D eigenvalue weighted by atomic mass is 10.1. The minimum Gasteiger partial charge on any atom is -0.334 e. The second-order valence-electron chi connectivity index (χ2n) is 6.86. The molecule has 3 rings (SSSR count). The van der Waals surface area contributed by atoms with E-state index in [0.29, 0.717) is 5.56 Å². The molecule has 24 heavy (non-hydrogen) atoms. The van der Waals surface area contributed by atoms with E-state index in [1.807, 2.05) is 22.6 Å². The van der Waals surface area contributed by atoms with Crippen molar-refractivity contribution in [3.05, 3.63) is 23.5 Å². The molecule has 1 atom stereocenters. The van der Waals surface area contributed by atoms with Gasteiger partial charge in [-0.2, -0.15) is 5.10 Å². The van der Waals surface area contributed by atoms with Crippen LogP contribution >= 0.6 is 0 Å². The maximum atomic E-state index is 13.2. The summed E-state index contributed by atoms with van der Waals surface area (Å²) in [5, 5.41) is 8.70. The molecule has 1 fully saturated rings. The van der Waals surface area contributed by atoms with Gasteiger partial charge in [0.1, 0.15) is 0 Å². The summed E-state index contributed by atoms with van der Waals surface area (Å²) in [5.41, 5.74) is 2.33. The highest BCUT2D eigenvalue weighted by Gasteiger charge is 2.28. The summed E-state index contributed by atoms with van der Waals surface area (Å²) in [5.74, 6) is 0.0924. The number of aromatic nitrogens is 3. The van der Waals surface area contributed by atoms with Gasteiger partial charge in [-0.3, -0.25) is 4.79 Å². The predicted octanol–water partition coefficient (Wildman–Crippen LogP) is 2.53. The van der Waals surface area contributed by atoms with Gasteiger partial charge in [-0.1, -0.05) is 6.92 Å². The first-order valence-corrected chi connectivity index (χ1v) is 8.89. The van der Waals surface area contributed by atoms with Crippen molar-refractivity contribution in [2.75, 3.05) is 19.6 Å². The van der Waals surface area contributed by atoms with Gasteiger partial charge >= 0.3 is 0 Å². The summed E-state index contributed by atoms with van der Waals surface area (Å²) < 4.78 is 1.90. The summed E-state index contributed by atoms with van der Waals surface area (Å²) in [7, 11) is 0.